The van der Waals surface area contributed by atoms with Crippen LogP contribution in [0.5, 0.6) is 0 Å². The second-order valence-corrected chi connectivity index (χ2v) is 5.30. The number of carbonyl (C=O) groups is 1. The molecule has 0 aromatic carbocycles. The van der Waals surface area contributed by atoms with Crippen LogP contribution in [0.4, 0.5) is 0 Å². The quantitative estimate of drug-likeness (QED) is 0.756. The molecule has 0 bridgehead atoms. The Labute approximate surface area is 128 Å². The lowest BCUT2D eigenvalue weighted by Crippen LogP contribution is -2.23. The zero-order valence-electron chi connectivity index (χ0n) is 12.6. The molecule has 6 nitrogen and oxygen atoms in total. The monoisotopic (exact) mass is 297 g/mol. The standard InChI is InChI=1S/C16H19N5O/c1-13-5-2-8-20-12-14(19-16(13)20)11-17-15(22)6-3-9-21-10-4-7-18-21/h2,4-5,7-8,10,12H,3,6,9,11H2,1H3,(H,17,22). The zero-order valence-corrected chi connectivity index (χ0v) is 12.6. The van der Waals surface area contributed by atoms with Crippen molar-refractivity contribution >= 4 is 11.6 Å². The molecule has 0 aliphatic rings. The van der Waals surface area contributed by atoms with Crippen LogP contribution in [0.3, 0.4) is 0 Å². The predicted octanol–water partition coefficient (Wildman–Crippen LogP) is 1.94. The van der Waals surface area contributed by atoms with E-state index in [2.05, 4.69) is 15.4 Å². The summed E-state index contributed by atoms with van der Waals surface area (Å²) in [6.45, 7) is 3.25. The fourth-order valence-electron chi connectivity index (χ4n) is 2.40. The lowest BCUT2D eigenvalue weighted by atomic mass is 10.3. The zero-order chi connectivity index (χ0) is 15.4. The number of fused-ring (bicyclic) bond motifs is 1. The Bertz CT molecular complexity index is 760. The van der Waals surface area contributed by atoms with E-state index in [-0.39, 0.29) is 5.91 Å². The first-order valence-corrected chi connectivity index (χ1v) is 7.40. The Balaban J connectivity index is 1.48. The van der Waals surface area contributed by atoms with E-state index < -0.39 is 0 Å². The van der Waals surface area contributed by atoms with Gasteiger partial charge < -0.3 is 9.72 Å². The fourth-order valence-corrected chi connectivity index (χ4v) is 2.40. The van der Waals surface area contributed by atoms with Crippen LogP contribution in [0.25, 0.3) is 5.65 Å². The summed E-state index contributed by atoms with van der Waals surface area (Å²) in [6, 6.07) is 5.90. The second kappa shape index (κ2) is 6.43. The van der Waals surface area contributed by atoms with Crippen LogP contribution < -0.4 is 5.32 Å². The lowest BCUT2D eigenvalue weighted by Gasteiger charge is -2.03. The molecule has 0 atom stereocenters. The smallest absolute Gasteiger partial charge is 0.220 e. The van der Waals surface area contributed by atoms with E-state index >= 15 is 0 Å². The molecule has 0 radical (unpaired) electrons. The number of nitrogens with one attached hydrogen (secondary N) is 1. The Morgan fingerprint density at radius 2 is 2.23 bits per heavy atom. The summed E-state index contributed by atoms with van der Waals surface area (Å²) in [7, 11) is 0. The first kappa shape index (κ1) is 14.3. The largest absolute Gasteiger partial charge is 0.350 e. The molecule has 0 spiro atoms. The molecule has 3 aromatic rings. The molecule has 0 aliphatic carbocycles. The molecule has 0 fully saturated rings. The van der Waals surface area contributed by atoms with Crippen molar-refractivity contribution in [3.8, 4) is 0 Å². The van der Waals surface area contributed by atoms with E-state index in [1.54, 1.807) is 6.20 Å². The van der Waals surface area contributed by atoms with Gasteiger partial charge in [0.15, 0.2) is 0 Å². The van der Waals surface area contributed by atoms with E-state index in [4.69, 9.17) is 0 Å². The van der Waals surface area contributed by atoms with Gasteiger partial charge in [-0.2, -0.15) is 5.10 Å². The molecule has 3 rings (SSSR count). The van der Waals surface area contributed by atoms with Crippen LogP contribution in [0.2, 0.25) is 0 Å². The molecule has 22 heavy (non-hydrogen) atoms. The number of pyridine rings is 1. The molecular weight excluding hydrogens is 278 g/mol. The van der Waals surface area contributed by atoms with Crippen LogP contribution in [-0.4, -0.2) is 25.1 Å². The highest BCUT2D eigenvalue weighted by Gasteiger charge is 2.06. The van der Waals surface area contributed by atoms with Crippen molar-refractivity contribution < 1.29 is 4.79 Å². The number of carbonyl (C=O) groups excluding carboxylic acids is 1. The van der Waals surface area contributed by atoms with Crippen LogP contribution in [0.15, 0.2) is 43.0 Å². The minimum absolute atomic E-state index is 0.0425. The first-order valence-electron chi connectivity index (χ1n) is 7.40. The molecule has 114 valence electrons. The van der Waals surface area contributed by atoms with Crippen molar-refractivity contribution in [2.24, 2.45) is 0 Å². The third-order valence-corrected chi connectivity index (χ3v) is 3.54. The highest BCUT2D eigenvalue weighted by atomic mass is 16.1. The van der Waals surface area contributed by atoms with Crippen LogP contribution in [0.1, 0.15) is 24.1 Å². The third kappa shape index (κ3) is 3.33. The summed E-state index contributed by atoms with van der Waals surface area (Å²) < 4.78 is 3.81. The number of amides is 1. The molecule has 0 aliphatic heterocycles. The number of aryl methyl sites for hydroxylation is 2. The summed E-state index contributed by atoms with van der Waals surface area (Å²) in [5.41, 5.74) is 2.93. The van der Waals surface area contributed by atoms with E-state index in [0.29, 0.717) is 13.0 Å². The van der Waals surface area contributed by atoms with Gasteiger partial charge in [-0.05, 0) is 31.0 Å². The number of nitrogens with zero attached hydrogens (tertiary/aromatic N) is 4. The van der Waals surface area contributed by atoms with Gasteiger partial charge in [-0.1, -0.05) is 6.07 Å². The predicted molar refractivity (Wildman–Crippen MR) is 83.2 cm³/mol. The van der Waals surface area contributed by atoms with Crippen molar-refractivity contribution in [2.75, 3.05) is 0 Å². The van der Waals surface area contributed by atoms with Gasteiger partial charge in [0, 0.05) is 37.8 Å². The molecular formula is C16H19N5O. The summed E-state index contributed by atoms with van der Waals surface area (Å²) in [6.07, 6.45) is 8.82. The van der Waals surface area contributed by atoms with E-state index in [9.17, 15) is 4.79 Å². The van der Waals surface area contributed by atoms with Crippen molar-refractivity contribution in [2.45, 2.75) is 32.9 Å². The van der Waals surface area contributed by atoms with Gasteiger partial charge in [-0.3, -0.25) is 9.48 Å². The van der Waals surface area contributed by atoms with Crippen LogP contribution in [-0.2, 0) is 17.9 Å². The number of hydrogen-bond acceptors (Lipinski definition) is 3. The maximum atomic E-state index is 11.9. The number of hydrogen-bond donors (Lipinski definition) is 1. The maximum absolute atomic E-state index is 11.9. The topological polar surface area (TPSA) is 64.2 Å². The van der Waals surface area contributed by atoms with Gasteiger partial charge in [-0.15, -0.1) is 0 Å². The number of rotatable bonds is 6. The minimum Gasteiger partial charge on any atom is -0.350 e. The van der Waals surface area contributed by atoms with E-state index in [0.717, 1.165) is 29.9 Å². The van der Waals surface area contributed by atoms with Crippen LogP contribution >= 0.6 is 0 Å². The average molecular weight is 297 g/mol. The molecule has 0 saturated heterocycles. The molecule has 1 amide bonds. The van der Waals surface area contributed by atoms with Crippen molar-refractivity contribution in [1.82, 2.24) is 24.5 Å². The molecule has 1 N–H and O–H groups in total. The fraction of sp³-hybridized carbons (Fsp3) is 0.312. The summed E-state index contributed by atoms with van der Waals surface area (Å²) in [5.74, 6) is 0.0425. The van der Waals surface area contributed by atoms with Gasteiger partial charge in [0.2, 0.25) is 5.91 Å². The maximum Gasteiger partial charge on any atom is 0.220 e. The SMILES string of the molecule is Cc1cccn2cc(CNC(=O)CCCn3cccn3)nc12. The Hall–Kier alpha value is -2.63. The summed E-state index contributed by atoms with van der Waals surface area (Å²) in [5, 5.41) is 7.03. The first-order chi connectivity index (χ1) is 10.7. The highest BCUT2D eigenvalue weighted by molar-refractivity contribution is 5.75. The molecule has 6 heteroatoms. The minimum atomic E-state index is 0.0425. The van der Waals surface area contributed by atoms with E-state index in [1.165, 1.54) is 0 Å². The highest BCUT2D eigenvalue weighted by Crippen LogP contribution is 2.09. The lowest BCUT2D eigenvalue weighted by molar-refractivity contribution is -0.121. The summed E-state index contributed by atoms with van der Waals surface area (Å²) >= 11 is 0. The van der Waals surface area contributed by atoms with Gasteiger partial charge in [-0.25, -0.2) is 4.98 Å². The van der Waals surface area contributed by atoms with Gasteiger partial charge >= 0.3 is 0 Å². The Kier molecular flexibility index (Phi) is 4.18. The third-order valence-electron chi connectivity index (χ3n) is 3.54. The van der Waals surface area contributed by atoms with Gasteiger partial charge in [0.1, 0.15) is 5.65 Å². The van der Waals surface area contributed by atoms with Gasteiger partial charge in [0.05, 0.1) is 12.2 Å². The molecule has 0 saturated carbocycles. The van der Waals surface area contributed by atoms with Crippen molar-refractivity contribution in [3.63, 3.8) is 0 Å². The number of imidazole rings is 1. The molecule has 3 heterocycles. The normalized spacial score (nSPS) is 11.0. The van der Waals surface area contributed by atoms with Crippen molar-refractivity contribution in [3.05, 3.63) is 54.2 Å². The Morgan fingerprint density at radius 3 is 3.00 bits per heavy atom. The van der Waals surface area contributed by atoms with E-state index in [1.807, 2.05) is 52.8 Å². The average Bonchev–Trinajstić information content (AvgIpc) is 3.15. The van der Waals surface area contributed by atoms with Gasteiger partial charge in [0.25, 0.3) is 0 Å². The Morgan fingerprint density at radius 1 is 1.32 bits per heavy atom. The second-order valence-electron chi connectivity index (χ2n) is 5.30. The molecule has 3 aromatic heterocycles. The van der Waals surface area contributed by atoms with Crippen molar-refractivity contribution in [1.29, 1.82) is 0 Å². The van der Waals surface area contributed by atoms with Crippen LogP contribution in [0, 0.1) is 6.92 Å². The molecule has 0 unspecified atom stereocenters. The number of aromatic nitrogens is 4. The summed E-state index contributed by atoms with van der Waals surface area (Å²) in [4.78, 5) is 16.4.